The molecule has 0 bridgehead atoms. The first kappa shape index (κ1) is 10.5. The number of fused-ring (bicyclic) bond motifs is 1. The zero-order chi connectivity index (χ0) is 11.7. The minimum Gasteiger partial charge on any atom is -0.468 e. The standard InChI is InChI=1S/C9H12N4O3/c1-3-4-13-6-5(7(14)12-9(13)15)10-8(11-6)16-2/h3-4H2,1-2H3,(H,10,11)(H,12,14,15). The Morgan fingerprint density at radius 3 is 2.75 bits per heavy atom. The van der Waals surface area contributed by atoms with E-state index in [1.54, 1.807) is 0 Å². The molecule has 2 aromatic rings. The Balaban J connectivity index is 2.82. The molecule has 0 saturated heterocycles. The largest absolute Gasteiger partial charge is 0.468 e. The third kappa shape index (κ3) is 1.50. The molecule has 16 heavy (non-hydrogen) atoms. The van der Waals surface area contributed by atoms with Gasteiger partial charge in [0, 0.05) is 6.54 Å². The van der Waals surface area contributed by atoms with Gasteiger partial charge in [-0.3, -0.25) is 14.3 Å². The fourth-order valence-electron chi connectivity index (χ4n) is 1.55. The molecule has 0 aliphatic heterocycles. The molecular formula is C9H12N4O3. The Hall–Kier alpha value is -2.05. The average Bonchev–Trinajstić information content (AvgIpc) is 2.68. The molecule has 0 atom stereocenters. The van der Waals surface area contributed by atoms with Gasteiger partial charge in [-0.1, -0.05) is 6.92 Å². The summed E-state index contributed by atoms with van der Waals surface area (Å²) in [5.41, 5.74) is -0.353. The first-order chi connectivity index (χ1) is 7.67. The van der Waals surface area contributed by atoms with Crippen LogP contribution < -0.4 is 16.0 Å². The fraction of sp³-hybridized carbons (Fsp3) is 0.444. The highest BCUT2D eigenvalue weighted by molar-refractivity contribution is 5.70. The van der Waals surface area contributed by atoms with Gasteiger partial charge in [-0.2, -0.15) is 4.98 Å². The molecule has 2 N–H and O–H groups in total. The normalized spacial score (nSPS) is 10.9. The van der Waals surface area contributed by atoms with Crippen LogP contribution in [0.2, 0.25) is 0 Å². The maximum Gasteiger partial charge on any atom is 0.330 e. The van der Waals surface area contributed by atoms with Crippen molar-refractivity contribution in [3.05, 3.63) is 20.8 Å². The molecule has 0 saturated carbocycles. The van der Waals surface area contributed by atoms with Crippen molar-refractivity contribution in [1.29, 1.82) is 0 Å². The second-order valence-corrected chi connectivity index (χ2v) is 3.36. The van der Waals surface area contributed by atoms with Gasteiger partial charge in [0.25, 0.3) is 11.6 Å². The molecule has 2 rings (SSSR count). The summed E-state index contributed by atoms with van der Waals surface area (Å²) in [5, 5.41) is 0. The maximum atomic E-state index is 11.6. The smallest absolute Gasteiger partial charge is 0.330 e. The molecule has 7 heteroatoms. The van der Waals surface area contributed by atoms with Crippen LogP contribution in [0.1, 0.15) is 13.3 Å². The van der Waals surface area contributed by atoms with Crippen LogP contribution in [-0.4, -0.2) is 26.6 Å². The Kier molecular flexibility index (Phi) is 2.51. The zero-order valence-corrected chi connectivity index (χ0v) is 9.03. The van der Waals surface area contributed by atoms with E-state index >= 15 is 0 Å². The van der Waals surface area contributed by atoms with Crippen molar-refractivity contribution < 1.29 is 4.74 Å². The SMILES string of the molecule is CCCn1c(=O)[nH]c(=O)c2[nH]c(OC)nc21. The highest BCUT2D eigenvalue weighted by atomic mass is 16.5. The number of aromatic amines is 2. The van der Waals surface area contributed by atoms with E-state index in [1.807, 2.05) is 6.92 Å². The van der Waals surface area contributed by atoms with Crippen LogP contribution >= 0.6 is 0 Å². The lowest BCUT2D eigenvalue weighted by Gasteiger charge is -2.02. The molecule has 86 valence electrons. The lowest BCUT2D eigenvalue weighted by Crippen LogP contribution is -2.30. The predicted molar refractivity (Wildman–Crippen MR) is 57.8 cm³/mol. The van der Waals surface area contributed by atoms with Gasteiger partial charge in [-0.25, -0.2) is 4.79 Å². The van der Waals surface area contributed by atoms with Crippen LogP contribution in [0.5, 0.6) is 6.01 Å². The monoisotopic (exact) mass is 224 g/mol. The minimum absolute atomic E-state index is 0.218. The topological polar surface area (TPSA) is 92.8 Å². The second-order valence-electron chi connectivity index (χ2n) is 3.36. The molecule has 2 aromatic heterocycles. The van der Waals surface area contributed by atoms with E-state index in [9.17, 15) is 9.59 Å². The summed E-state index contributed by atoms with van der Waals surface area (Å²) in [5.74, 6) is 0. The van der Waals surface area contributed by atoms with Crippen molar-refractivity contribution in [2.45, 2.75) is 19.9 Å². The molecule has 0 aliphatic rings. The maximum absolute atomic E-state index is 11.6. The van der Waals surface area contributed by atoms with Gasteiger partial charge in [0.2, 0.25) is 0 Å². The van der Waals surface area contributed by atoms with Crippen LogP contribution in [0.25, 0.3) is 11.2 Å². The van der Waals surface area contributed by atoms with Crippen LogP contribution in [0.15, 0.2) is 9.59 Å². The molecule has 2 heterocycles. The van der Waals surface area contributed by atoms with Crippen LogP contribution in [0, 0.1) is 0 Å². The summed E-state index contributed by atoms with van der Waals surface area (Å²) >= 11 is 0. The Bertz CT molecular complexity index is 622. The first-order valence-corrected chi connectivity index (χ1v) is 4.94. The van der Waals surface area contributed by atoms with Crippen molar-refractivity contribution in [1.82, 2.24) is 19.5 Å². The van der Waals surface area contributed by atoms with E-state index in [-0.39, 0.29) is 11.5 Å². The number of aryl methyl sites for hydroxylation is 1. The van der Waals surface area contributed by atoms with Gasteiger partial charge in [-0.05, 0) is 6.42 Å². The van der Waals surface area contributed by atoms with Gasteiger partial charge < -0.3 is 9.72 Å². The number of nitrogens with one attached hydrogen (secondary N) is 2. The van der Waals surface area contributed by atoms with E-state index in [2.05, 4.69) is 15.0 Å². The van der Waals surface area contributed by atoms with Crippen molar-refractivity contribution in [3.8, 4) is 6.01 Å². The minimum atomic E-state index is -0.483. The van der Waals surface area contributed by atoms with E-state index in [4.69, 9.17) is 4.74 Å². The third-order valence-corrected chi connectivity index (χ3v) is 2.25. The molecule has 0 fully saturated rings. The number of hydrogen-bond acceptors (Lipinski definition) is 4. The van der Waals surface area contributed by atoms with Crippen molar-refractivity contribution in [2.75, 3.05) is 7.11 Å². The van der Waals surface area contributed by atoms with Crippen LogP contribution in [0.4, 0.5) is 0 Å². The molecule has 0 spiro atoms. The number of ether oxygens (including phenoxy) is 1. The van der Waals surface area contributed by atoms with Gasteiger partial charge in [0.15, 0.2) is 11.2 Å². The zero-order valence-electron chi connectivity index (χ0n) is 9.03. The molecule has 0 aromatic carbocycles. The molecule has 0 aliphatic carbocycles. The van der Waals surface area contributed by atoms with Crippen molar-refractivity contribution >= 4 is 11.2 Å². The Morgan fingerprint density at radius 2 is 2.12 bits per heavy atom. The number of methoxy groups -OCH3 is 1. The summed E-state index contributed by atoms with van der Waals surface area (Å²) in [6, 6.07) is 0.218. The van der Waals surface area contributed by atoms with Gasteiger partial charge in [-0.15, -0.1) is 0 Å². The highest BCUT2D eigenvalue weighted by Gasteiger charge is 2.12. The van der Waals surface area contributed by atoms with E-state index in [1.165, 1.54) is 11.7 Å². The van der Waals surface area contributed by atoms with Crippen molar-refractivity contribution in [3.63, 3.8) is 0 Å². The van der Waals surface area contributed by atoms with Crippen LogP contribution in [0.3, 0.4) is 0 Å². The van der Waals surface area contributed by atoms with E-state index < -0.39 is 11.2 Å². The average molecular weight is 224 g/mol. The number of aromatic nitrogens is 4. The number of imidazole rings is 1. The molecule has 0 unspecified atom stereocenters. The number of hydrogen-bond donors (Lipinski definition) is 2. The van der Waals surface area contributed by atoms with Crippen LogP contribution in [-0.2, 0) is 6.54 Å². The predicted octanol–water partition coefficient (Wildman–Crippen LogP) is -0.169. The molecule has 0 radical (unpaired) electrons. The first-order valence-electron chi connectivity index (χ1n) is 4.94. The molecular weight excluding hydrogens is 212 g/mol. The summed E-state index contributed by atoms with van der Waals surface area (Å²) in [6.07, 6.45) is 0.774. The highest BCUT2D eigenvalue weighted by Crippen LogP contribution is 2.10. The summed E-state index contributed by atoms with van der Waals surface area (Å²) < 4.78 is 6.30. The number of rotatable bonds is 3. The quantitative estimate of drug-likeness (QED) is 0.757. The Morgan fingerprint density at radius 1 is 1.38 bits per heavy atom. The lowest BCUT2D eigenvalue weighted by molar-refractivity contribution is 0.385. The summed E-state index contributed by atoms with van der Waals surface area (Å²) in [6.45, 7) is 2.44. The molecule has 0 amide bonds. The van der Waals surface area contributed by atoms with Gasteiger partial charge >= 0.3 is 5.69 Å². The van der Waals surface area contributed by atoms with Gasteiger partial charge in [0.1, 0.15) is 0 Å². The number of H-pyrrole nitrogens is 2. The van der Waals surface area contributed by atoms with Crippen molar-refractivity contribution in [2.24, 2.45) is 0 Å². The Labute approximate surface area is 90.1 Å². The molecule has 7 nitrogen and oxygen atoms in total. The fourth-order valence-corrected chi connectivity index (χ4v) is 1.55. The lowest BCUT2D eigenvalue weighted by atomic mass is 10.4. The summed E-state index contributed by atoms with van der Waals surface area (Å²) in [4.78, 5) is 32.0. The van der Waals surface area contributed by atoms with E-state index in [0.29, 0.717) is 12.2 Å². The third-order valence-electron chi connectivity index (χ3n) is 2.25. The second kappa shape index (κ2) is 3.84. The number of nitrogens with zero attached hydrogens (tertiary/aromatic N) is 2. The van der Waals surface area contributed by atoms with Gasteiger partial charge in [0.05, 0.1) is 7.11 Å². The summed E-state index contributed by atoms with van der Waals surface area (Å²) in [7, 11) is 1.44. The van der Waals surface area contributed by atoms with E-state index in [0.717, 1.165) is 6.42 Å².